The van der Waals surface area contributed by atoms with E-state index in [1.807, 2.05) is 25.1 Å². The van der Waals surface area contributed by atoms with Crippen LogP contribution in [-0.2, 0) is 27.8 Å². The molecular formula is C23H27N3O4S. The number of amides is 1. The highest BCUT2D eigenvalue weighted by Gasteiger charge is 2.20. The largest absolute Gasteiger partial charge is 0.441 e. The molecule has 7 nitrogen and oxygen atoms in total. The van der Waals surface area contributed by atoms with Gasteiger partial charge in [0, 0.05) is 39.0 Å². The van der Waals surface area contributed by atoms with Crippen LogP contribution in [0, 0.1) is 13.8 Å². The highest BCUT2D eigenvalue weighted by atomic mass is 32.2. The lowest BCUT2D eigenvalue weighted by atomic mass is 10.1. The number of aromatic nitrogens is 1. The Morgan fingerprint density at radius 3 is 2.55 bits per heavy atom. The van der Waals surface area contributed by atoms with Gasteiger partial charge >= 0.3 is 0 Å². The molecule has 3 aromatic rings. The van der Waals surface area contributed by atoms with Crippen LogP contribution in [0.25, 0.3) is 11.3 Å². The summed E-state index contributed by atoms with van der Waals surface area (Å²) in [6, 6.07) is 12.7. The fourth-order valence-corrected chi connectivity index (χ4v) is 4.17. The fraction of sp³-hybridized carbons (Fsp3) is 0.304. The zero-order chi connectivity index (χ0) is 22.6. The third-order valence-corrected chi connectivity index (χ3v) is 7.03. The summed E-state index contributed by atoms with van der Waals surface area (Å²) in [4.78, 5) is 16.8. The molecule has 1 heterocycles. The number of rotatable bonds is 8. The van der Waals surface area contributed by atoms with Crippen LogP contribution in [0.2, 0.25) is 0 Å². The van der Waals surface area contributed by atoms with Crippen LogP contribution in [0.15, 0.2) is 58.0 Å². The number of carbonyl (C=O) groups excluding carboxylic acids is 1. The summed E-state index contributed by atoms with van der Waals surface area (Å²) < 4.78 is 31.9. The number of nitrogens with zero attached hydrogens (tertiary/aromatic N) is 2. The van der Waals surface area contributed by atoms with Gasteiger partial charge in [0.05, 0.1) is 11.1 Å². The van der Waals surface area contributed by atoms with Gasteiger partial charge in [0.1, 0.15) is 0 Å². The first-order valence-corrected chi connectivity index (χ1v) is 11.4. The Hall–Kier alpha value is -2.97. The van der Waals surface area contributed by atoms with E-state index < -0.39 is 10.0 Å². The second-order valence-electron chi connectivity index (χ2n) is 7.59. The molecule has 0 aliphatic carbocycles. The van der Waals surface area contributed by atoms with E-state index in [1.165, 1.54) is 31.3 Å². The molecule has 0 aliphatic heterocycles. The molecule has 1 N–H and O–H groups in total. The zero-order valence-electron chi connectivity index (χ0n) is 18.2. The first-order chi connectivity index (χ1) is 14.7. The molecule has 164 valence electrons. The molecule has 0 bridgehead atoms. The van der Waals surface area contributed by atoms with Gasteiger partial charge in [-0.2, -0.15) is 0 Å². The van der Waals surface area contributed by atoms with Crippen LogP contribution >= 0.6 is 0 Å². The van der Waals surface area contributed by atoms with E-state index in [0.29, 0.717) is 23.6 Å². The predicted molar refractivity (Wildman–Crippen MR) is 119 cm³/mol. The van der Waals surface area contributed by atoms with Crippen LogP contribution < -0.4 is 5.32 Å². The Kier molecular flexibility index (Phi) is 6.92. The normalized spacial score (nSPS) is 11.6. The second kappa shape index (κ2) is 9.45. The Morgan fingerprint density at radius 2 is 1.84 bits per heavy atom. The molecule has 0 spiro atoms. The smallest absolute Gasteiger partial charge is 0.242 e. The van der Waals surface area contributed by atoms with Gasteiger partial charge in [-0.05, 0) is 42.7 Å². The van der Waals surface area contributed by atoms with Crippen molar-refractivity contribution in [3.63, 3.8) is 0 Å². The molecule has 0 saturated carbocycles. The van der Waals surface area contributed by atoms with E-state index in [9.17, 15) is 13.2 Å². The fourth-order valence-electron chi connectivity index (χ4n) is 3.05. The molecule has 2 aromatic carbocycles. The second-order valence-corrected chi connectivity index (χ2v) is 9.71. The van der Waals surface area contributed by atoms with Crippen molar-refractivity contribution in [1.29, 1.82) is 0 Å². The van der Waals surface area contributed by atoms with E-state index in [0.717, 1.165) is 9.87 Å². The van der Waals surface area contributed by atoms with Crippen LogP contribution in [0.1, 0.15) is 29.0 Å². The third-order valence-electron chi connectivity index (χ3n) is 5.12. The van der Waals surface area contributed by atoms with Crippen molar-refractivity contribution in [2.45, 2.75) is 38.1 Å². The average Bonchev–Trinajstić information content (AvgIpc) is 3.22. The molecule has 31 heavy (non-hydrogen) atoms. The number of hydrogen-bond donors (Lipinski definition) is 1. The van der Waals surface area contributed by atoms with Crippen molar-refractivity contribution in [3.8, 4) is 11.3 Å². The lowest BCUT2D eigenvalue weighted by molar-refractivity contribution is -0.121. The lowest BCUT2D eigenvalue weighted by Crippen LogP contribution is -2.27. The van der Waals surface area contributed by atoms with Crippen molar-refractivity contribution in [3.05, 3.63) is 71.2 Å². The molecule has 0 aliphatic rings. The molecule has 3 rings (SSSR count). The van der Waals surface area contributed by atoms with Gasteiger partial charge in [0.15, 0.2) is 11.7 Å². The van der Waals surface area contributed by atoms with Crippen molar-refractivity contribution in [1.82, 2.24) is 14.6 Å². The van der Waals surface area contributed by atoms with Gasteiger partial charge in [-0.15, -0.1) is 0 Å². The maximum atomic E-state index is 12.5. The van der Waals surface area contributed by atoms with Crippen LogP contribution in [-0.4, -0.2) is 37.7 Å². The summed E-state index contributed by atoms with van der Waals surface area (Å²) in [5.41, 5.74) is 3.87. The molecule has 0 unspecified atom stereocenters. The first kappa shape index (κ1) is 22.7. The molecular weight excluding hydrogens is 414 g/mol. The van der Waals surface area contributed by atoms with Gasteiger partial charge in [0.25, 0.3) is 0 Å². The molecule has 0 saturated heterocycles. The minimum Gasteiger partial charge on any atom is -0.441 e. The molecule has 0 fully saturated rings. The van der Waals surface area contributed by atoms with Crippen LogP contribution in [0.4, 0.5) is 0 Å². The third kappa shape index (κ3) is 5.39. The number of nitrogens with one attached hydrogen (secondary N) is 1. The van der Waals surface area contributed by atoms with Gasteiger partial charge in [-0.1, -0.05) is 30.3 Å². The SMILES string of the molecule is Cc1ccc(-c2cnc(CCC(=O)NCc3ccccc3S(=O)(=O)N(C)C)o2)cc1C. The number of oxazole rings is 1. The van der Waals surface area contributed by atoms with Crippen molar-refractivity contribution >= 4 is 15.9 Å². The van der Waals surface area contributed by atoms with E-state index in [4.69, 9.17) is 4.42 Å². The highest BCUT2D eigenvalue weighted by Crippen LogP contribution is 2.23. The van der Waals surface area contributed by atoms with Gasteiger partial charge in [-0.25, -0.2) is 17.7 Å². The summed E-state index contributed by atoms with van der Waals surface area (Å²) in [5.74, 6) is 0.947. The number of sulfonamides is 1. The molecule has 8 heteroatoms. The van der Waals surface area contributed by atoms with Crippen molar-refractivity contribution in [2.24, 2.45) is 0 Å². The molecule has 0 radical (unpaired) electrons. The number of aryl methyl sites for hydroxylation is 3. The Bertz CT molecular complexity index is 1180. The molecule has 1 aromatic heterocycles. The van der Waals surface area contributed by atoms with E-state index in [1.54, 1.807) is 24.4 Å². The number of hydrogen-bond acceptors (Lipinski definition) is 5. The maximum absolute atomic E-state index is 12.5. The van der Waals surface area contributed by atoms with Crippen LogP contribution in [0.5, 0.6) is 0 Å². The van der Waals surface area contributed by atoms with E-state index >= 15 is 0 Å². The molecule has 1 amide bonds. The van der Waals surface area contributed by atoms with Gasteiger partial charge in [0.2, 0.25) is 15.9 Å². The van der Waals surface area contributed by atoms with Gasteiger partial charge in [-0.3, -0.25) is 4.79 Å². The summed E-state index contributed by atoms with van der Waals surface area (Å²) in [5, 5.41) is 2.78. The standard InChI is InChI=1S/C23H27N3O4S/c1-16-9-10-18(13-17(16)2)20-15-25-23(30-20)12-11-22(27)24-14-19-7-5-6-8-21(19)31(28,29)26(3)4/h5-10,13,15H,11-12,14H2,1-4H3,(H,24,27). The quantitative estimate of drug-likeness (QED) is 0.578. The minimum absolute atomic E-state index is 0.127. The first-order valence-electron chi connectivity index (χ1n) is 9.98. The predicted octanol–water partition coefficient (Wildman–Crippen LogP) is 3.46. The molecule has 0 atom stereocenters. The summed E-state index contributed by atoms with van der Waals surface area (Å²) >= 11 is 0. The summed E-state index contributed by atoms with van der Waals surface area (Å²) in [7, 11) is -0.624. The van der Waals surface area contributed by atoms with Crippen LogP contribution in [0.3, 0.4) is 0 Å². The Morgan fingerprint density at radius 1 is 1.10 bits per heavy atom. The summed E-state index contributed by atoms with van der Waals surface area (Å²) in [6.07, 6.45) is 2.21. The lowest BCUT2D eigenvalue weighted by Gasteiger charge is -2.15. The number of benzene rings is 2. The monoisotopic (exact) mass is 441 g/mol. The Balaban J connectivity index is 1.59. The topological polar surface area (TPSA) is 92.5 Å². The zero-order valence-corrected chi connectivity index (χ0v) is 19.0. The Labute approximate surface area is 183 Å². The minimum atomic E-state index is -3.58. The average molecular weight is 442 g/mol. The summed E-state index contributed by atoms with van der Waals surface area (Å²) in [6.45, 7) is 4.22. The highest BCUT2D eigenvalue weighted by molar-refractivity contribution is 7.89. The van der Waals surface area contributed by atoms with Crippen molar-refractivity contribution < 1.29 is 17.6 Å². The van der Waals surface area contributed by atoms with Gasteiger partial charge < -0.3 is 9.73 Å². The number of carbonyl (C=O) groups is 1. The van der Waals surface area contributed by atoms with Crippen molar-refractivity contribution in [2.75, 3.05) is 14.1 Å². The van der Waals surface area contributed by atoms with E-state index in [2.05, 4.69) is 17.2 Å². The van der Waals surface area contributed by atoms with E-state index in [-0.39, 0.29) is 23.8 Å². The maximum Gasteiger partial charge on any atom is 0.242 e.